The van der Waals surface area contributed by atoms with Crippen LogP contribution >= 0.6 is 0 Å². The molecule has 0 unspecified atom stereocenters. The van der Waals surface area contributed by atoms with Crippen LogP contribution in [0.2, 0.25) is 0 Å². The van der Waals surface area contributed by atoms with Gasteiger partial charge in [0, 0.05) is 17.8 Å². The summed E-state index contributed by atoms with van der Waals surface area (Å²) < 4.78 is 0. The van der Waals surface area contributed by atoms with E-state index in [1.807, 2.05) is 6.92 Å². The number of hydrogen-bond acceptors (Lipinski definition) is 1. The fourth-order valence-corrected chi connectivity index (χ4v) is 2.89. The Bertz CT molecular complexity index is 791. The summed E-state index contributed by atoms with van der Waals surface area (Å²) in [6, 6.07) is 15.2. The molecule has 0 spiro atoms. The highest BCUT2D eigenvalue weighted by atomic mass is 14.9. The van der Waals surface area contributed by atoms with E-state index >= 15 is 0 Å². The third kappa shape index (κ3) is 3.14. The van der Waals surface area contributed by atoms with Crippen LogP contribution in [0.25, 0.3) is 16.8 Å². The van der Waals surface area contributed by atoms with Gasteiger partial charge in [0.1, 0.15) is 0 Å². The van der Waals surface area contributed by atoms with E-state index in [4.69, 9.17) is 0 Å². The van der Waals surface area contributed by atoms with E-state index in [0.717, 1.165) is 29.8 Å². The first-order valence-electron chi connectivity index (χ1n) is 8.11. The van der Waals surface area contributed by atoms with Gasteiger partial charge in [-0.25, -0.2) is 0 Å². The molecular weight excluding hydrogens is 278 g/mol. The summed E-state index contributed by atoms with van der Waals surface area (Å²) in [6.45, 7) is 13.2. The molecule has 2 aromatic rings. The minimum absolute atomic E-state index is 0.810. The lowest BCUT2D eigenvalue weighted by atomic mass is 10.0. The van der Waals surface area contributed by atoms with Crippen molar-refractivity contribution in [3.8, 4) is 0 Å². The topological polar surface area (TPSA) is 12.0 Å². The molecule has 1 aliphatic carbocycles. The molecule has 0 bridgehead atoms. The first-order chi connectivity index (χ1) is 11.1. The number of allylic oxidation sites excluding steroid dienone is 3. The van der Waals surface area contributed by atoms with E-state index in [1.165, 1.54) is 27.8 Å². The van der Waals surface area contributed by atoms with Crippen LogP contribution in [0.5, 0.6) is 0 Å². The average molecular weight is 301 g/mol. The van der Waals surface area contributed by atoms with Gasteiger partial charge >= 0.3 is 0 Å². The lowest BCUT2D eigenvalue weighted by molar-refractivity contribution is 0.891. The van der Waals surface area contributed by atoms with Crippen LogP contribution in [0.15, 0.2) is 61.7 Å². The number of hydrogen-bond donors (Lipinski definition) is 1. The number of fused-ring (bicyclic) bond motifs is 1. The fourth-order valence-electron chi connectivity index (χ4n) is 2.89. The second-order valence-corrected chi connectivity index (χ2v) is 6.15. The minimum Gasteiger partial charge on any atom is -0.380 e. The van der Waals surface area contributed by atoms with Gasteiger partial charge in [-0.2, -0.15) is 0 Å². The summed E-state index contributed by atoms with van der Waals surface area (Å²) in [5.41, 5.74) is 9.68. The van der Waals surface area contributed by atoms with E-state index in [0.29, 0.717) is 0 Å². The van der Waals surface area contributed by atoms with E-state index < -0.39 is 0 Å². The number of rotatable bonds is 5. The highest BCUT2D eigenvalue weighted by Crippen LogP contribution is 2.33. The SMILES string of the molecule is C=C(C)c1ccc(CNC2=CC(=C)c3cc(CC)ccc32)cc1. The maximum absolute atomic E-state index is 4.18. The number of aryl methyl sites for hydroxylation is 1. The molecule has 1 heteroatoms. The van der Waals surface area contributed by atoms with E-state index in [-0.39, 0.29) is 0 Å². The summed E-state index contributed by atoms with van der Waals surface area (Å²) in [5, 5.41) is 3.55. The van der Waals surface area contributed by atoms with Gasteiger partial charge in [0.05, 0.1) is 0 Å². The molecule has 0 saturated carbocycles. The monoisotopic (exact) mass is 301 g/mol. The van der Waals surface area contributed by atoms with Gasteiger partial charge in [0.25, 0.3) is 0 Å². The summed E-state index contributed by atoms with van der Waals surface area (Å²) in [4.78, 5) is 0. The Balaban J connectivity index is 1.74. The van der Waals surface area contributed by atoms with Crippen LogP contribution in [-0.4, -0.2) is 0 Å². The zero-order valence-corrected chi connectivity index (χ0v) is 13.9. The van der Waals surface area contributed by atoms with Crippen molar-refractivity contribution in [2.24, 2.45) is 0 Å². The van der Waals surface area contributed by atoms with Crippen molar-refractivity contribution >= 4 is 16.8 Å². The maximum atomic E-state index is 4.18. The molecule has 1 N–H and O–H groups in total. The molecular formula is C22H23N. The zero-order valence-electron chi connectivity index (χ0n) is 13.9. The van der Waals surface area contributed by atoms with E-state index in [2.05, 4.69) is 73.9 Å². The predicted octanol–water partition coefficient (Wildman–Crippen LogP) is 5.44. The molecule has 0 saturated heterocycles. The summed E-state index contributed by atoms with van der Waals surface area (Å²) >= 11 is 0. The Kier molecular flexibility index (Phi) is 4.20. The van der Waals surface area contributed by atoms with Gasteiger partial charge in [-0.1, -0.05) is 68.1 Å². The summed E-state index contributed by atoms with van der Waals surface area (Å²) in [5.74, 6) is 0. The molecule has 1 aliphatic rings. The Morgan fingerprint density at radius 2 is 1.70 bits per heavy atom. The molecule has 116 valence electrons. The van der Waals surface area contributed by atoms with Gasteiger partial charge in [-0.15, -0.1) is 0 Å². The highest BCUT2D eigenvalue weighted by Gasteiger charge is 2.17. The summed E-state index contributed by atoms with van der Waals surface area (Å²) in [7, 11) is 0. The molecule has 0 aromatic heterocycles. The van der Waals surface area contributed by atoms with Crippen LogP contribution in [0, 0.1) is 0 Å². The molecule has 1 nitrogen and oxygen atoms in total. The van der Waals surface area contributed by atoms with Crippen molar-refractivity contribution in [3.05, 3.63) is 89.5 Å². The number of nitrogens with one attached hydrogen (secondary N) is 1. The van der Waals surface area contributed by atoms with Crippen molar-refractivity contribution in [1.82, 2.24) is 5.32 Å². The molecule has 2 aromatic carbocycles. The van der Waals surface area contributed by atoms with Crippen molar-refractivity contribution in [3.63, 3.8) is 0 Å². The largest absolute Gasteiger partial charge is 0.380 e. The van der Waals surface area contributed by atoms with Crippen LogP contribution in [0.4, 0.5) is 0 Å². The first-order valence-corrected chi connectivity index (χ1v) is 8.11. The van der Waals surface area contributed by atoms with Crippen LogP contribution in [0.1, 0.15) is 41.7 Å². The number of benzene rings is 2. The fraction of sp³-hybridized carbons (Fsp3) is 0.182. The second-order valence-electron chi connectivity index (χ2n) is 6.15. The van der Waals surface area contributed by atoms with E-state index in [9.17, 15) is 0 Å². The third-order valence-corrected chi connectivity index (χ3v) is 4.38. The first kappa shape index (κ1) is 15.4. The third-order valence-electron chi connectivity index (χ3n) is 4.38. The molecule has 0 radical (unpaired) electrons. The lowest BCUT2D eigenvalue weighted by Gasteiger charge is -2.11. The quantitative estimate of drug-likeness (QED) is 0.775. The smallest absolute Gasteiger partial charge is 0.0428 e. The normalized spacial score (nSPS) is 12.8. The molecule has 0 aliphatic heterocycles. The van der Waals surface area contributed by atoms with Crippen LogP contribution in [-0.2, 0) is 13.0 Å². The van der Waals surface area contributed by atoms with Gasteiger partial charge in [0.2, 0.25) is 0 Å². The zero-order chi connectivity index (χ0) is 16.4. The van der Waals surface area contributed by atoms with Crippen molar-refractivity contribution in [2.75, 3.05) is 0 Å². The Labute approximate surface area is 139 Å². The van der Waals surface area contributed by atoms with Crippen LogP contribution < -0.4 is 5.32 Å². The van der Waals surface area contributed by atoms with E-state index in [1.54, 1.807) is 0 Å². The van der Waals surface area contributed by atoms with Crippen LogP contribution in [0.3, 0.4) is 0 Å². The van der Waals surface area contributed by atoms with Crippen molar-refractivity contribution < 1.29 is 0 Å². The highest BCUT2D eigenvalue weighted by molar-refractivity contribution is 5.94. The Morgan fingerprint density at radius 3 is 2.35 bits per heavy atom. The standard InChI is InChI=1S/C22H23N/c1-5-17-8-11-20-21(13-17)16(4)12-22(20)23-14-18-6-9-19(10-7-18)15(2)3/h6-13,23H,2,4-5,14H2,1,3H3. The van der Waals surface area contributed by atoms with Gasteiger partial charge in [-0.3, -0.25) is 0 Å². The molecule has 3 rings (SSSR count). The molecule has 0 amide bonds. The van der Waals surface area contributed by atoms with Crippen molar-refractivity contribution in [1.29, 1.82) is 0 Å². The minimum atomic E-state index is 0.810. The van der Waals surface area contributed by atoms with Gasteiger partial charge in [-0.05, 0) is 47.2 Å². The molecule has 0 fully saturated rings. The Hall–Kier alpha value is -2.54. The average Bonchev–Trinajstić information content (AvgIpc) is 2.89. The lowest BCUT2D eigenvalue weighted by Crippen LogP contribution is -2.10. The summed E-state index contributed by atoms with van der Waals surface area (Å²) in [6.07, 6.45) is 3.20. The molecule has 0 atom stereocenters. The van der Waals surface area contributed by atoms with Gasteiger partial charge < -0.3 is 5.32 Å². The van der Waals surface area contributed by atoms with Crippen molar-refractivity contribution in [2.45, 2.75) is 26.8 Å². The molecule has 0 heterocycles. The Morgan fingerprint density at radius 1 is 1.00 bits per heavy atom. The van der Waals surface area contributed by atoms with Gasteiger partial charge in [0.15, 0.2) is 0 Å². The predicted molar refractivity (Wildman–Crippen MR) is 101 cm³/mol. The second kappa shape index (κ2) is 6.29. The molecule has 23 heavy (non-hydrogen) atoms. The maximum Gasteiger partial charge on any atom is 0.0428 e.